The summed E-state index contributed by atoms with van der Waals surface area (Å²) in [5, 5.41) is 18.2. The van der Waals surface area contributed by atoms with Crippen molar-refractivity contribution in [3.05, 3.63) is 63.2 Å². The van der Waals surface area contributed by atoms with Gasteiger partial charge < -0.3 is 10.2 Å². The van der Waals surface area contributed by atoms with E-state index >= 15 is 0 Å². The highest BCUT2D eigenvalue weighted by molar-refractivity contribution is 5.90. The van der Waals surface area contributed by atoms with Crippen LogP contribution in [0.15, 0.2) is 41.5 Å². The van der Waals surface area contributed by atoms with E-state index in [2.05, 4.69) is 20.7 Å². The molecule has 2 aromatic carbocycles. The lowest BCUT2D eigenvalue weighted by Gasteiger charge is -2.19. The van der Waals surface area contributed by atoms with Gasteiger partial charge in [0.1, 0.15) is 0 Å². The van der Waals surface area contributed by atoms with E-state index in [9.17, 15) is 14.9 Å². The molecule has 0 bridgehead atoms. The van der Waals surface area contributed by atoms with Crippen LogP contribution in [-0.4, -0.2) is 36.7 Å². The first-order valence-corrected chi connectivity index (χ1v) is 9.60. The minimum Gasteiger partial charge on any atom is -0.376 e. The molecule has 0 atom stereocenters. The van der Waals surface area contributed by atoms with E-state index in [-0.39, 0.29) is 18.1 Å². The number of amides is 1. The van der Waals surface area contributed by atoms with Gasteiger partial charge in [-0.3, -0.25) is 14.9 Å². The maximum Gasteiger partial charge on any atom is 0.270 e. The number of carbonyl (C=O) groups is 1. The highest BCUT2D eigenvalue weighted by Gasteiger charge is 2.18. The number of aryl methyl sites for hydroxylation is 2. The van der Waals surface area contributed by atoms with E-state index in [4.69, 9.17) is 0 Å². The van der Waals surface area contributed by atoms with Gasteiger partial charge in [-0.05, 0) is 49.9 Å². The summed E-state index contributed by atoms with van der Waals surface area (Å²) in [6, 6.07) is 10.7. The lowest BCUT2D eigenvalue weighted by molar-refractivity contribution is -0.384. The minimum atomic E-state index is -0.433. The molecule has 1 aliphatic heterocycles. The van der Waals surface area contributed by atoms with Crippen molar-refractivity contribution in [2.45, 2.75) is 26.7 Å². The average Bonchev–Trinajstić information content (AvgIpc) is 3.23. The van der Waals surface area contributed by atoms with E-state index < -0.39 is 4.92 Å². The largest absolute Gasteiger partial charge is 0.376 e. The molecule has 2 N–H and O–H groups in total. The number of benzene rings is 2. The van der Waals surface area contributed by atoms with Gasteiger partial charge in [0.2, 0.25) is 0 Å². The predicted molar refractivity (Wildman–Crippen MR) is 115 cm³/mol. The van der Waals surface area contributed by atoms with E-state index in [1.807, 2.05) is 32.0 Å². The van der Waals surface area contributed by atoms with Gasteiger partial charge in [-0.25, -0.2) is 5.43 Å². The zero-order valence-electron chi connectivity index (χ0n) is 16.6. The molecule has 1 aliphatic rings. The molecule has 0 saturated carbocycles. The topological polar surface area (TPSA) is 99.9 Å². The number of rotatable bonds is 7. The summed E-state index contributed by atoms with van der Waals surface area (Å²) < 4.78 is 0. The maximum absolute atomic E-state index is 12.1. The second-order valence-electron chi connectivity index (χ2n) is 7.16. The first kappa shape index (κ1) is 20.3. The molecular weight excluding hydrogens is 370 g/mol. The average molecular weight is 395 g/mol. The Kier molecular flexibility index (Phi) is 6.43. The van der Waals surface area contributed by atoms with Crippen LogP contribution in [0.2, 0.25) is 0 Å². The first-order valence-electron chi connectivity index (χ1n) is 9.60. The monoisotopic (exact) mass is 395 g/mol. The normalized spacial score (nSPS) is 13.7. The van der Waals surface area contributed by atoms with Crippen molar-refractivity contribution in [3.63, 3.8) is 0 Å². The lowest BCUT2D eigenvalue weighted by atomic mass is 10.1. The van der Waals surface area contributed by atoms with Crippen LogP contribution in [0.1, 0.15) is 29.5 Å². The summed E-state index contributed by atoms with van der Waals surface area (Å²) >= 11 is 0. The number of hydrogen-bond acceptors (Lipinski definition) is 6. The van der Waals surface area contributed by atoms with Gasteiger partial charge in [-0.1, -0.05) is 12.1 Å². The first-order chi connectivity index (χ1) is 13.9. The highest BCUT2D eigenvalue weighted by atomic mass is 16.6. The third-order valence-electron chi connectivity index (χ3n) is 4.89. The molecule has 29 heavy (non-hydrogen) atoms. The lowest BCUT2D eigenvalue weighted by Crippen LogP contribution is -2.26. The predicted octanol–water partition coefficient (Wildman–Crippen LogP) is 3.37. The van der Waals surface area contributed by atoms with Crippen molar-refractivity contribution in [2.24, 2.45) is 5.10 Å². The molecule has 2 aromatic rings. The van der Waals surface area contributed by atoms with Crippen LogP contribution in [0.5, 0.6) is 0 Å². The number of hydrogen-bond donors (Lipinski definition) is 2. The number of nitro benzene ring substituents is 1. The molecule has 8 nitrogen and oxygen atoms in total. The van der Waals surface area contributed by atoms with Crippen molar-refractivity contribution < 1.29 is 9.72 Å². The molecular formula is C21H25N5O3. The van der Waals surface area contributed by atoms with Gasteiger partial charge >= 0.3 is 0 Å². The highest BCUT2D eigenvalue weighted by Crippen LogP contribution is 2.27. The number of nitrogens with one attached hydrogen (secondary N) is 2. The number of anilines is 2. The van der Waals surface area contributed by atoms with Crippen LogP contribution >= 0.6 is 0 Å². The number of nitrogens with zero attached hydrogens (tertiary/aromatic N) is 3. The van der Waals surface area contributed by atoms with Gasteiger partial charge in [-0.2, -0.15) is 5.10 Å². The van der Waals surface area contributed by atoms with E-state index in [0.29, 0.717) is 5.56 Å². The summed E-state index contributed by atoms with van der Waals surface area (Å²) in [4.78, 5) is 25.0. The molecule has 0 aromatic heterocycles. The molecule has 1 saturated heterocycles. The Morgan fingerprint density at radius 2 is 1.97 bits per heavy atom. The van der Waals surface area contributed by atoms with Crippen molar-refractivity contribution >= 4 is 29.2 Å². The molecule has 152 valence electrons. The fraction of sp³-hybridized carbons (Fsp3) is 0.333. The Hall–Kier alpha value is -3.42. The molecule has 8 heteroatoms. The Labute approximate surface area is 169 Å². The molecule has 1 fully saturated rings. The van der Waals surface area contributed by atoms with Gasteiger partial charge in [0.25, 0.3) is 11.6 Å². The van der Waals surface area contributed by atoms with Crippen molar-refractivity contribution in [3.8, 4) is 0 Å². The minimum absolute atomic E-state index is 0.00249. The van der Waals surface area contributed by atoms with Crippen LogP contribution in [0.4, 0.5) is 17.1 Å². The Morgan fingerprint density at radius 1 is 1.21 bits per heavy atom. The third kappa shape index (κ3) is 5.31. The summed E-state index contributed by atoms with van der Waals surface area (Å²) in [7, 11) is 0. The van der Waals surface area contributed by atoms with E-state index in [1.165, 1.54) is 18.3 Å². The summed E-state index contributed by atoms with van der Waals surface area (Å²) in [6.45, 7) is 5.86. The van der Waals surface area contributed by atoms with Gasteiger partial charge in [0.05, 0.1) is 17.7 Å². The quantitative estimate of drug-likeness (QED) is 0.425. The SMILES string of the molecule is Cc1ccc(C)c(NCC(=O)NN=Cc2cc([N+](=O)[O-])ccc2N2CCCC2)c1. The molecule has 3 rings (SSSR count). The number of nitro groups is 1. The third-order valence-corrected chi connectivity index (χ3v) is 4.89. The zero-order valence-corrected chi connectivity index (χ0v) is 16.6. The summed E-state index contributed by atoms with van der Waals surface area (Å²) in [6.07, 6.45) is 3.65. The smallest absolute Gasteiger partial charge is 0.270 e. The molecule has 0 spiro atoms. The molecule has 1 heterocycles. The Bertz CT molecular complexity index is 936. The zero-order chi connectivity index (χ0) is 20.8. The van der Waals surface area contributed by atoms with Crippen LogP contribution in [0.25, 0.3) is 0 Å². The van der Waals surface area contributed by atoms with Gasteiger partial charge in [0, 0.05) is 42.2 Å². The van der Waals surface area contributed by atoms with E-state index in [0.717, 1.165) is 48.4 Å². The van der Waals surface area contributed by atoms with Crippen molar-refractivity contribution in [2.75, 3.05) is 29.9 Å². The standard InChI is InChI=1S/C21H25N5O3/c1-15-5-6-16(2)19(11-15)22-14-21(27)24-23-13-17-12-18(26(28)29)7-8-20(17)25-9-3-4-10-25/h5-8,11-13,22H,3-4,9-10,14H2,1-2H3,(H,24,27). The maximum atomic E-state index is 12.1. The van der Waals surface area contributed by atoms with Crippen molar-refractivity contribution in [1.82, 2.24) is 5.43 Å². The number of hydrazone groups is 1. The summed E-state index contributed by atoms with van der Waals surface area (Å²) in [5.41, 5.74) is 7.05. The molecule has 1 amide bonds. The molecule has 0 radical (unpaired) electrons. The van der Waals surface area contributed by atoms with Gasteiger partial charge in [0.15, 0.2) is 0 Å². The van der Waals surface area contributed by atoms with Gasteiger partial charge in [-0.15, -0.1) is 0 Å². The molecule has 0 aliphatic carbocycles. The van der Waals surface area contributed by atoms with Crippen LogP contribution in [-0.2, 0) is 4.79 Å². The fourth-order valence-electron chi connectivity index (χ4n) is 3.32. The molecule has 0 unspecified atom stereocenters. The van der Waals surface area contributed by atoms with Crippen LogP contribution in [0.3, 0.4) is 0 Å². The second kappa shape index (κ2) is 9.18. The second-order valence-corrected chi connectivity index (χ2v) is 7.16. The van der Waals surface area contributed by atoms with Crippen molar-refractivity contribution in [1.29, 1.82) is 0 Å². The Morgan fingerprint density at radius 3 is 2.69 bits per heavy atom. The number of non-ortho nitro benzene ring substituents is 1. The van der Waals surface area contributed by atoms with E-state index in [1.54, 1.807) is 6.07 Å². The Balaban J connectivity index is 1.65. The summed E-state index contributed by atoms with van der Waals surface area (Å²) in [5.74, 6) is -0.296. The fourth-order valence-corrected chi connectivity index (χ4v) is 3.32. The van der Waals surface area contributed by atoms with Crippen LogP contribution < -0.4 is 15.6 Å². The van der Waals surface area contributed by atoms with Crippen LogP contribution in [0, 0.1) is 24.0 Å². The number of carbonyl (C=O) groups excluding carboxylic acids is 1.